The number of para-hydroxylation sites is 1. The molecule has 1 amide bonds. The molecule has 2 heterocycles. The minimum absolute atomic E-state index is 0.158. The molecule has 0 unspecified atom stereocenters. The van der Waals surface area contributed by atoms with Gasteiger partial charge in [0.2, 0.25) is 5.13 Å². The zero-order valence-electron chi connectivity index (χ0n) is 14.6. The summed E-state index contributed by atoms with van der Waals surface area (Å²) >= 11 is 7.52. The minimum atomic E-state index is -0.158. The van der Waals surface area contributed by atoms with Gasteiger partial charge in [-0.05, 0) is 38.8 Å². The fourth-order valence-corrected chi connectivity index (χ4v) is 3.71. The molecule has 0 aliphatic heterocycles. The van der Waals surface area contributed by atoms with Crippen LogP contribution in [0.4, 0.5) is 5.69 Å². The number of carbonyl (C=O) groups is 1. The quantitative estimate of drug-likeness (QED) is 0.718. The van der Waals surface area contributed by atoms with E-state index in [1.54, 1.807) is 4.68 Å². The molecule has 0 spiro atoms. The van der Waals surface area contributed by atoms with Crippen LogP contribution in [0.5, 0.6) is 0 Å². The summed E-state index contributed by atoms with van der Waals surface area (Å²) in [4.78, 5) is 17.8. The van der Waals surface area contributed by atoms with E-state index in [0.29, 0.717) is 20.7 Å². The molecule has 0 bridgehead atoms. The first kappa shape index (κ1) is 17.6. The Kier molecular flexibility index (Phi) is 4.92. The van der Waals surface area contributed by atoms with Crippen molar-refractivity contribution in [3.05, 3.63) is 56.8 Å². The lowest BCUT2D eigenvalue weighted by molar-refractivity contribution is 0.102. The van der Waals surface area contributed by atoms with Crippen LogP contribution >= 0.6 is 22.9 Å². The number of thiazole rings is 1. The molecule has 1 N–H and O–H groups in total. The van der Waals surface area contributed by atoms with E-state index in [1.165, 1.54) is 11.3 Å². The summed E-state index contributed by atoms with van der Waals surface area (Å²) < 4.78 is 1.69. The number of benzene rings is 1. The molecule has 3 aromatic rings. The van der Waals surface area contributed by atoms with Crippen LogP contribution in [0.2, 0.25) is 5.02 Å². The Hall–Kier alpha value is -2.18. The summed E-state index contributed by atoms with van der Waals surface area (Å²) in [6.07, 6.45) is 0.855. The van der Waals surface area contributed by atoms with E-state index in [2.05, 4.69) is 22.3 Å². The highest BCUT2D eigenvalue weighted by Gasteiger charge is 2.20. The maximum absolute atomic E-state index is 12.7. The largest absolute Gasteiger partial charge is 0.321 e. The van der Waals surface area contributed by atoms with Crippen LogP contribution in [0, 0.1) is 20.8 Å². The van der Waals surface area contributed by atoms with Gasteiger partial charge in [-0.15, -0.1) is 0 Å². The van der Waals surface area contributed by atoms with Gasteiger partial charge in [-0.3, -0.25) is 4.79 Å². The predicted molar refractivity (Wildman–Crippen MR) is 102 cm³/mol. The summed E-state index contributed by atoms with van der Waals surface area (Å²) in [6, 6.07) is 7.81. The Labute approximate surface area is 155 Å². The van der Waals surface area contributed by atoms with Crippen molar-refractivity contribution in [3.8, 4) is 5.13 Å². The third-order valence-corrected chi connectivity index (χ3v) is 5.70. The molecule has 1 aromatic carbocycles. The first-order valence-electron chi connectivity index (χ1n) is 8.01. The van der Waals surface area contributed by atoms with Crippen molar-refractivity contribution >= 4 is 34.5 Å². The monoisotopic (exact) mass is 374 g/mol. The van der Waals surface area contributed by atoms with Gasteiger partial charge in [-0.1, -0.05) is 48.1 Å². The van der Waals surface area contributed by atoms with Crippen LogP contribution in [0.15, 0.2) is 24.3 Å². The predicted octanol–water partition coefficient (Wildman–Crippen LogP) is 4.72. The molecule has 5 nitrogen and oxygen atoms in total. The van der Waals surface area contributed by atoms with Crippen molar-refractivity contribution in [2.45, 2.75) is 34.1 Å². The average molecular weight is 375 g/mol. The van der Waals surface area contributed by atoms with Crippen molar-refractivity contribution in [2.24, 2.45) is 0 Å². The number of amides is 1. The molecule has 0 saturated heterocycles. The number of rotatable bonds is 4. The second-order valence-corrected chi connectivity index (χ2v) is 7.13. The summed E-state index contributed by atoms with van der Waals surface area (Å²) in [6.45, 7) is 7.62. The Morgan fingerprint density at radius 2 is 1.96 bits per heavy atom. The molecular weight excluding hydrogens is 356 g/mol. The van der Waals surface area contributed by atoms with Gasteiger partial charge in [0, 0.05) is 5.69 Å². The van der Waals surface area contributed by atoms with Gasteiger partial charge in [-0.25, -0.2) is 9.67 Å². The third-order valence-electron chi connectivity index (χ3n) is 4.02. The maximum Gasteiger partial charge on any atom is 0.267 e. The Balaban J connectivity index is 1.92. The molecule has 0 saturated carbocycles. The van der Waals surface area contributed by atoms with Gasteiger partial charge in [0.25, 0.3) is 5.91 Å². The number of halogens is 1. The van der Waals surface area contributed by atoms with Crippen molar-refractivity contribution in [1.82, 2.24) is 14.8 Å². The van der Waals surface area contributed by atoms with Crippen molar-refractivity contribution in [3.63, 3.8) is 0 Å². The number of anilines is 1. The summed E-state index contributed by atoms with van der Waals surface area (Å²) in [7, 11) is 0. The number of hydrogen-bond donors (Lipinski definition) is 1. The normalized spacial score (nSPS) is 10.9. The van der Waals surface area contributed by atoms with Crippen LogP contribution in [0.1, 0.15) is 39.2 Å². The number of aryl methyl sites for hydroxylation is 3. The standard InChI is InChI=1S/C18H19ClN4OS/c1-5-13-8-6-7-9-14(13)21-17(24)16-11(3)20-18(25-16)23-12(4)15(19)10(2)22-23/h6-9H,5H2,1-4H3,(H,21,24). The smallest absolute Gasteiger partial charge is 0.267 e. The molecule has 2 aromatic heterocycles. The van der Waals surface area contributed by atoms with E-state index in [9.17, 15) is 4.79 Å². The van der Waals surface area contributed by atoms with E-state index in [1.807, 2.05) is 45.0 Å². The first-order chi connectivity index (χ1) is 11.9. The Bertz CT molecular complexity index is 945. The highest BCUT2D eigenvalue weighted by atomic mass is 35.5. The zero-order valence-corrected chi connectivity index (χ0v) is 16.1. The van der Waals surface area contributed by atoms with Gasteiger partial charge in [0.1, 0.15) is 4.88 Å². The van der Waals surface area contributed by atoms with E-state index in [4.69, 9.17) is 11.6 Å². The highest BCUT2D eigenvalue weighted by Crippen LogP contribution is 2.27. The van der Waals surface area contributed by atoms with Gasteiger partial charge in [-0.2, -0.15) is 5.10 Å². The number of hydrogen-bond acceptors (Lipinski definition) is 4. The molecule has 0 atom stereocenters. The molecule has 0 aliphatic rings. The SMILES string of the molecule is CCc1ccccc1NC(=O)c1sc(-n2nc(C)c(Cl)c2C)nc1C. The molecule has 25 heavy (non-hydrogen) atoms. The first-order valence-corrected chi connectivity index (χ1v) is 9.20. The van der Waals surface area contributed by atoms with Gasteiger partial charge >= 0.3 is 0 Å². The van der Waals surface area contributed by atoms with Gasteiger partial charge in [0.15, 0.2) is 0 Å². The van der Waals surface area contributed by atoms with E-state index >= 15 is 0 Å². The fraction of sp³-hybridized carbons (Fsp3) is 0.278. The number of nitrogens with zero attached hydrogens (tertiary/aromatic N) is 3. The number of aromatic nitrogens is 3. The van der Waals surface area contributed by atoms with Crippen LogP contribution in [-0.2, 0) is 6.42 Å². The Morgan fingerprint density at radius 3 is 2.60 bits per heavy atom. The van der Waals surface area contributed by atoms with E-state index in [0.717, 1.165) is 29.1 Å². The van der Waals surface area contributed by atoms with Gasteiger partial charge in [0.05, 0.1) is 22.1 Å². The number of carbonyl (C=O) groups excluding carboxylic acids is 1. The lowest BCUT2D eigenvalue weighted by Crippen LogP contribution is -2.12. The number of nitrogens with one attached hydrogen (secondary N) is 1. The molecular formula is C18H19ClN4OS. The van der Waals surface area contributed by atoms with Crippen LogP contribution in [0.25, 0.3) is 5.13 Å². The van der Waals surface area contributed by atoms with Crippen molar-refractivity contribution < 1.29 is 4.79 Å². The second-order valence-electron chi connectivity index (χ2n) is 5.77. The Morgan fingerprint density at radius 1 is 1.24 bits per heavy atom. The molecule has 3 rings (SSSR count). The van der Waals surface area contributed by atoms with Crippen molar-refractivity contribution in [2.75, 3.05) is 5.32 Å². The van der Waals surface area contributed by atoms with E-state index in [-0.39, 0.29) is 5.91 Å². The highest BCUT2D eigenvalue weighted by molar-refractivity contribution is 7.16. The molecule has 7 heteroatoms. The zero-order chi connectivity index (χ0) is 18.1. The van der Waals surface area contributed by atoms with Crippen LogP contribution in [-0.4, -0.2) is 20.7 Å². The van der Waals surface area contributed by atoms with Crippen LogP contribution in [0.3, 0.4) is 0 Å². The maximum atomic E-state index is 12.7. The molecule has 130 valence electrons. The molecule has 0 fully saturated rings. The lowest BCUT2D eigenvalue weighted by atomic mass is 10.1. The van der Waals surface area contributed by atoms with Crippen molar-refractivity contribution in [1.29, 1.82) is 0 Å². The van der Waals surface area contributed by atoms with Gasteiger partial charge < -0.3 is 5.32 Å². The topological polar surface area (TPSA) is 59.8 Å². The minimum Gasteiger partial charge on any atom is -0.321 e. The lowest BCUT2D eigenvalue weighted by Gasteiger charge is -2.08. The summed E-state index contributed by atoms with van der Waals surface area (Å²) in [5, 5.41) is 8.66. The molecule has 0 aliphatic carbocycles. The van der Waals surface area contributed by atoms with E-state index < -0.39 is 0 Å². The average Bonchev–Trinajstić information content (AvgIpc) is 3.10. The van der Waals surface area contributed by atoms with Crippen LogP contribution < -0.4 is 5.32 Å². The fourth-order valence-electron chi connectivity index (χ4n) is 2.62. The molecule has 0 radical (unpaired) electrons. The summed E-state index contributed by atoms with van der Waals surface area (Å²) in [5.41, 5.74) is 4.17. The summed E-state index contributed by atoms with van der Waals surface area (Å²) in [5.74, 6) is -0.158. The second kappa shape index (κ2) is 6.98. The third kappa shape index (κ3) is 3.32.